The smallest absolute Gasteiger partial charge is 0.165 e. The molecule has 9 aromatic carbocycles. The van der Waals surface area contributed by atoms with Gasteiger partial charge in [-0.1, -0.05) is 109 Å². The van der Waals surface area contributed by atoms with Crippen LogP contribution in [-0.2, 0) is 0 Å². The number of nitrogens with zero attached hydrogens (tertiary/aromatic N) is 4. The quantitative estimate of drug-likeness (QED) is 0.182. The molecule has 5 heteroatoms. The van der Waals surface area contributed by atoms with Gasteiger partial charge in [-0.3, -0.25) is 4.57 Å². The van der Waals surface area contributed by atoms with Crippen molar-refractivity contribution in [1.82, 2.24) is 19.1 Å². The first-order valence-corrected chi connectivity index (χ1v) is 19.3. The molecule has 13 aromatic rings. The Bertz CT molecular complexity index is 3830. The van der Waals surface area contributed by atoms with E-state index in [1.165, 1.54) is 48.7 Å². The van der Waals surface area contributed by atoms with E-state index in [4.69, 9.17) is 14.4 Å². The zero-order valence-corrected chi connectivity index (χ0v) is 30.5. The van der Waals surface area contributed by atoms with E-state index in [9.17, 15) is 0 Å². The Morgan fingerprint density at radius 3 is 1.93 bits per heavy atom. The first-order chi connectivity index (χ1) is 28.3. The summed E-state index contributed by atoms with van der Waals surface area (Å²) in [6.07, 6.45) is 0. The minimum Gasteiger partial charge on any atom is -0.456 e. The van der Waals surface area contributed by atoms with Crippen LogP contribution >= 0.6 is 0 Å². The molecular formula is C52H30N4O. The summed E-state index contributed by atoms with van der Waals surface area (Å²) >= 11 is 0. The molecule has 13 rings (SSSR count). The Morgan fingerprint density at radius 2 is 1.05 bits per heavy atom. The van der Waals surface area contributed by atoms with E-state index in [1.807, 2.05) is 30.3 Å². The third-order valence-electron chi connectivity index (χ3n) is 11.9. The topological polar surface area (TPSA) is 48.8 Å². The third-order valence-corrected chi connectivity index (χ3v) is 11.9. The van der Waals surface area contributed by atoms with Gasteiger partial charge >= 0.3 is 0 Å². The average Bonchev–Trinajstić information content (AvgIpc) is 3.92. The Kier molecular flexibility index (Phi) is 6.10. The minimum absolute atomic E-state index is 0.784. The molecule has 0 unspecified atom stereocenters. The second kappa shape index (κ2) is 11.4. The Hall–Kier alpha value is -7.76. The molecule has 0 saturated heterocycles. The summed E-state index contributed by atoms with van der Waals surface area (Å²) in [5.74, 6) is 0.784. The molecule has 264 valence electrons. The summed E-state index contributed by atoms with van der Waals surface area (Å²) in [5, 5.41) is 11.8. The van der Waals surface area contributed by atoms with Crippen molar-refractivity contribution in [1.29, 1.82) is 0 Å². The fourth-order valence-corrected chi connectivity index (χ4v) is 9.36. The predicted octanol–water partition coefficient (Wildman–Crippen LogP) is 13.7. The highest BCUT2D eigenvalue weighted by Crippen LogP contribution is 2.42. The van der Waals surface area contributed by atoms with E-state index < -0.39 is 0 Å². The highest BCUT2D eigenvalue weighted by Gasteiger charge is 2.22. The van der Waals surface area contributed by atoms with Crippen LogP contribution in [0, 0.1) is 0 Å². The van der Waals surface area contributed by atoms with Gasteiger partial charge in [0.15, 0.2) is 5.82 Å². The van der Waals surface area contributed by atoms with Gasteiger partial charge in [0.25, 0.3) is 0 Å². The molecule has 0 spiro atoms. The zero-order valence-electron chi connectivity index (χ0n) is 30.5. The van der Waals surface area contributed by atoms with E-state index >= 15 is 0 Å². The van der Waals surface area contributed by atoms with Crippen LogP contribution in [-0.4, -0.2) is 19.1 Å². The number of rotatable bonds is 3. The van der Waals surface area contributed by atoms with Gasteiger partial charge < -0.3 is 8.98 Å². The number of fused-ring (bicyclic) bond motifs is 13. The van der Waals surface area contributed by atoms with Crippen molar-refractivity contribution in [2.24, 2.45) is 0 Å². The minimum atomic E-state index is 0.784. The second-order valence-electron chi connectivity index (χ2n) is 14.9. The molecular weight excluding hydrogens is 697 g/mol. The van der Waals surface area contributed by atoms with Crippen LogP contribution < -0.4 is 0 Å². The molecule has 4 heterocycles. The number of aromatic nitrogens is 4. The summed E-state index contributed by atoms with van der Waals surface area (Å²) in [7, 11) is 0. The van der Waals surface area contributed by atoms with Crippen LogP contribution in [0.15, 0.2) is 186 Å². The van der Waals surface area contributed by atoms with E-state index in [-0.39, 0.29) is 0 Å². The van der Waals surface area contributed by atoms with Gasteiger partial charge in [-0.25, -0.2) is 9.97 Å². The Labute approximate surface area is 325 Å². The SMILES string of the molecule is c1cc(-n2c3ccccc3c3c4ccccc4ccc32)c2cc3c(cc2c1)c1ccccc1n3-c1nc2ccccc2nc1-c1ccc2oc3ccccc3c2c1. The Morgan fingerprint density at radius 1 is 0.368 bits per heavy atom. The van der Waals surface area contributed by atoms with Crippen molar-refractivity contribution < 1.29 is 4.42 Å². The van der Waals surface area contributed by atoms with E-state index in [1.54, 1.807) is 0 Å². The zero-order chi connectivity index (χ0) is 37.2. The van der Waals surface area contributed by atoms with E-state index in [2.05, 4.69) is 161 Å². The van der Waals surface area contributed by atoms with Gasteiger partial charge in [0, 0.05) is 43.3 Å². The van der Waals surface area contributed by atoms with Crippen LogP contribution in [0.4, 0.5) is 0 Å². The molecule has 0 saturated carbocycles. The molecule has 4 aromatic heterocycles. The lowest BCUT2D eigenvalue weighted by molar-refractivity contribution is 0.669. The average molecular weight is 727 g/mol. The van der Waals surface area contributed by atoms with Crippen LogP contribution in [0.2, 0.25) is 0 Å². The normalized spacial score (nSPS) is 12.2. The van der Waals surface area contributed by atoms with Crippen molar-refractivity contribution in [2.75, 3.05) is 0 Å². The number of benzene rings is 9. The van der Waals surface area contributed by atoms with Crippen molar-refractivity contribution >= 4 is 98.1 Å². The largest absolute Gasteiger partial charge is 0.456 e. The fraction of sp³-hybridized carbons (Fsp3) is 0. The molecule has 0 N–H and O–H groups in total. The lowest BCUT2D eigenvalue weighted by Crippen LogP contribution is -2.04. The molecule has 0 amide bonds. The van der Waals surface area contributed by atoms with Crippen molar-refractivity contribution in [3.8, 4) is 22.8 Å². The number of furan rings is 1. The molecule has 5 nitrogen and oxygen atoms in total. The number of hydrogen-bond acceptors (Lipinski definition) is 3. The van der Waals surface area contributed by atoms with Crippen LogP contribution in [0.3, 0.4) is 0 Å². The van der Waals surface area contributed by atoms with Gasteiger partial charge in [-0.15, -0.1) is 0 Å². The van der Waals surface area contributed by atoms with E-state index in [0.717, 1.165) is 72.2 Å². The van der Waals surface area contributed by atoms with E-state index in [0.29, 0.717) is 0 Å². The third kappa shape index (κ3) is 4.28. The predicted molar refractivity (Wildman–Crippen MR) is 236 cm³/mol. The van der Waals surface area contributed by atoms with Gasteiger partial charge in [0.05, 0.1) is 38.8 Å². The summed E-state index contributed by atoms with van der Waals surface area (Å²) in [6, 6.07) is 64.8. The van der Waals surface area contributed by atoms with Crippen LogP contribution in [0.1, 0.15) is 0 Å². The fourth-order valence-electron chi connectivity index (χ4n) is 9.36. The van der Waals surface area contributed by atoms with Gasteiger partial charge in [0.1, 0.15) is 16.9 Å². The van der Waals surface area contributed by atoms with Crippen molar-refractivity contribution in [3.05, 3.63) is 182 Å². The molecule has 57 heavy (non-hydrogen) atoms. The van der Waals surface area contributed by atoms with Crippen molar-refractivity contribution in [3.63, 3.8) is 0 Å². The van der Waals surface area contributed by atoms with Crippen LogP contribution in [0.25, 0.3) is 121 Å². The number of para-hydroxylation sites is 5. The standard InChI is InChI=1S/C52H30N4O/c1-2-14-34-31(12-1)24-26-46-50(34)37-17-4-9-21-44(37)55(46)45-22-11-13-32-28-39-35-15-3-8-20-43(35)56(47(39)30-38(32)45)52-51(53-41-18-6-7-19-42(41)54-52)33-25-27-49-40(29-33)36-16-5-10-23-48(36)57-49/h1-30H. The summed E-state index contributed by atoms with van der Waals surface area (Å²) in [5.41, 5.74) is 10.9. The first kappa shape index (κ1) is 30.6. The van der Waals surface area contributed by atoms with Gasteiger partial charge in [-0.05, 0) is 89.0 Å². The molecule has 0 bridgehead atoms. The van der Waals surface area contributed by atoms with Gasteiger partial charge in [0.2, 0.25) is 0 Å². The van der Waals surface area contributed by atoms with Crippen LogP contribution in [0.5, 0.6) is 0 Å². The summed E-state index contributed by atoms with van der Waals surface area (Å²) < 4.78 is 11.0. The molecule has 0 radical (unpaired) electrons. The van der Waals surface area contributed by atoms with Crippen molar-refractivity contribution in [2.45, 2.75) is 0 Å². The maximum absolute atomic E-state index is 6.25. The Balaban J connectivity index is 1.14. The lowest BCUT2D eigenvalue weighted by atomic mass is 10.0. The molecule has 0 fully saturated rings. The second-order valence-corrected chi connectivity index (χ2v) is 14.9. The highest BCUT2D eigenvalue weighted by atomic mass is 16.3. The highest BCUT2D eigenvalue weighted by molar-refractivity contribution is 6.22. The summed E-state index contributed by atoms with van der Waals surface area (Å²) in [4.78, 5) is 10.8. The monoisotopic (exact) mass is 726 g/mol. The molecule has 0 aliphatic carbocycles. The maximum Gasteiger partial charge on any atom is 0.165 e. The maximum atomic E-state index is 6.25. The molecule has 0 atom stereocenters. The lowest BCUT2D eigenvalue weighted by Gasteiger charge is -2.15. The molecule has 0 aliphatic rings. The summed E-state index contributed by atoms with van der Waals surface area (Å²) in [6.45, 7) is 0. The first-order valence-electron chi connectivity index (χ1n) is 19.3. The number of hydrogen-bond donors (Lipinski definition) is 0. The molecule has 0 aliphatic heterocycles. The van der Waals surface area contributed by atoms with Gasteiger partial charge in [-0.2, -0.15) is 0 Å².